The number of ether oxygens (including phenoxy) is 2. The van der Waals surface area contributed by atoms with Crippen molar-refractivity contribution in [1.29, 1.82) is 0 Å². The molecule has 3 nitrogen and oxygen atoms in total. The lowest BCUT2D eigenvalue weighted by atomic mass is 10.3. The molecule has 82 valence electrons. The highest BCUT2D eigenvalue weighted by atomic mass is 19.1. The Morgan fingerprint density at radius 2 is 2.00 bits per heavy atom. The Morgan fingerprint density at radius 3 is 2.60 bits per heavy atom. The van der Waals surface area contributed by atoms with E-state index in [0.29, 0.717) is 25.2 Å². The fourth-order valence-corrected chi connectivity index (χ4v) is 1.04. The minimum atomic E-state index is -0.295. The molecule has 0 aromatic heterocycles. The van der Waals surface area contributed by atoms with Crippen molar-refractivity contribution in [2.24, 2.45) is 0 Å². The van der Waals surface area contributed by atoms with Gasteiger partial charge in [-0.25, -0.2) is 4.39 Å². The predicted octanol–water partition coefficient (Wildman–Crippen LogP) is 2.16. The molecule has 0 fully saturated rings. The summed E-state index contributed by atoms with van der Waals surface area (Å²) in [5.41, 5.74) is 0. The number of methoxy groups -OCH3 is 1. The van der Waals surface area contributed by atoms with Gasteiger partial charge in [-0.2, -0.15) is 0 Å². The van der Waals surface area contributed by atoms with E-state index in [1.807, 2.05) is 0 Å². The first-order chi connectivity index (χ1) is 7.22. The highest BCUT2D eigenvalue weighted by molar-refractivity contribution is 5.68. The molecular formula is C11H13FO3. The van der Waals surface area contributed by atoms with Gasteiger partial charge in [0.15, 0.2) is 0 Å². The Hall–Kier alpha value is -1.58. The highest BCUT2D eigenvalue weighted by Crippen LogP contribution is 2.11. The van der Waals surface area contributed by atoms with Gasteiger partial charge in [-0.05, 0) is 30.7 Å². The number of halogens is 1. The third kappa shape index (κ3) is 4.44. The zero-order valence-electron chi connectivity index (χ0n) is 8.53. The van der Waals surface area contributed by atoms with E-state index in [4.69, 9.17) is 4.74 Å². The van der Waals surface area contributed by atoms with Gasteiger partial charge >= 0.3 is 5.97 Å². The lowest BCUT2D eigenvalue weighted by Crippen LogP contribution is -2.04. The van der Waals surface area contributed by atoms with Gasteiger partial charge in [-0.15, -0.1) is 0 Å². The molecule has 0 N–H and O–H groups in total. The van der Waals surface area contributed by atoms with Gasteiger partial charge in [0.25, 0.3) is 0 Å². The van der Waals surface area contributed by atoms with Crippen LogP contribution in [0.4, 0.5) is 4.39 Å². The fraction of sp³-hybridized carbons (Fsp3) is 0.364. The number of carbonyl (C=O) groups is 1. The van der Waals surface area contributed by atoms with Gasteiger partial charge in [0.05, 0.1) is 13.7 Å². The van der Waals surface area contributed by atoms with E-state index >= 15 is 0 Å². The number of benzene rings is 1. The highest BCUT2D eigenvalue weighted by Gasteiger charge is 2.00. The molecule has 1 aromatic rings. The van der Waals surface area contributed by atoms with Crippen molar-refractivity contribution in [3.8, 4) is 5.75 Å². The molecular weight excluding hydrogens is 199 g/mol. The normalized spacial score (nSPS) is 9.73. The van der Waals surface area contributed by atoms with E-state index in [-0.39, 0.29) is 11.8 Å². The summed E-state index contributed by atoms with van der Waals surface area (Å²) in [5.74, 6) is 0.0517. The summed E-state index contributed by atoms with van der Waals surface area (Å²) >= 11 is 0. The summed E-state index contributed by atoms with van der Waals surface area (Å²) in [7, 11) is 1.35. The third-order valence-electron chi connectivity index (χ3n) is 1.84. The largest absolute Gasteiger partial charge is 0.494 e. The standard InChI is InChI=1S/C11H13FO3/c1-14-11(13)3-2-8-15-10-6-4-9(12)5-7-10/h4-7H,2-3,8H2,1H3. The van der Waals surface area contributed by atoms with E-state index in [2.05, 4.69) is 4.74 Å². The molecule has 0 aliphatic rings. The van der Waals surface area contributed by atoms with Crippen molar-refractivity contribution in [1.82, 2.24) is 0 Å². The Labute approximate surface area is 87.8 Å². The molecule has 0 heterocycles. The Morgan fingerprint density at radius 1 is 1.33 bits per heavy atom. The van der Waals surface area contributed by atoms with Crippen molar-refractivity contribution in [2.45, 2.75) is 12.8 Å². The SMILES string of the molecule is COC(=O)CCCOc1ccc(F)cc1. The molecule has 1 aromatic carbocycles. The molecule has 1 rings (SSSR count). The Kier molecular flexibility index (Phi) is 4.60. The summed E-state index contributed by atoms with van der Waals surface area (Å²) in [6.45, 7) is 0.417. The number of esters is 1. The molecule has 0 unspecified atom stereocenters. The van der Waals surface area contributed by atoms with Gasteiger partial charge in [0, 0.05) is 6.42 Å². The predicted molar refractivity (Wildman–Crippen MR) is 53.1 cm³/mol. The van der Waals surface area contributed by atoms with Gasteiger partial charge in [-0.1, -0.05) is 0 Å². The summed E-state index contributed by atoms with van der Waals surface area (Å²) in [6, 6.07) is 5.76. The summed E-state index contributed by atoms with van der Waals surface area (Å²) < 4.78 is 22.3. The van der Waals surface area contributed by atoms with Crippen molar-refractivity contribution < 1.29 is 18.7 Å². The van der Waals surface area contributed by atoms with Crippen LogP contribution >= 0.6 is 0 Å². The van der Waals surface area contributed by atoms with Crippen LogP contribution in [-0.4, -0.2) is 19.7 Å². The molecule has 0 saturated carbocycles. The number of hydrogen-bond acceptors (Lipinski definition) is 3. The number of hydrogen-bond donors (Lipinski definition) is 0. The lowest BCUT2D eigenvalue weighted by molar-refractivity contribution is -0.140. The molecule has 0 amide bonds. The number of carbonyl (C=O) groups excluding carboxylic acids is 1. The van der Waals surface area contributed by atoms with Crippen LogP contribution in [0.3, 0.4) is 0 Å². The summed E-state index contributed by atoms with van der Waals surface area (Å²) in [6.07, 6.45) is 0.918. The fourth-order valence-electron chi connectivity index (χ4n) is 1.04. The average Bonchev–Trinajstić information content (AvgIpc) is 2.26. The monoisotopic (exact) mass is 212 g/mol. The maximum atomic E-state index is 12.5. The van der Waals surface area contributed by atoms with E-state index in [1.54, 1.807) is 12.1 Å². The van der Waals surface area contributed by atoms with Gasteiger partial charge in [0.1, 0.15) is 11.6 Å². The first-order valence-electron chi connectivity index (χ1n) is 4.67. The van der Waals surface area contributed by atoms with Crippen LogP contribution in [0.5, 0.6) is 5.75 Å². The molecule has 0 aliphatic heterocycles. The second-order valence-electron chi connectivity index (χ2n) is 2.98. The molecule has 0 aliphatic carbocycles. The van der Waals surface area contributed by atoms with E-state index in [0.717, 1.165) is 0 Å². The lowest BCUT2D eigenvalue weighted by Gasteiger charge is -2.04. The van der Waals surface area contributed by atoms with Gasteiger partial charge < -0.3 is 9.47 Å². The molecule has 15 heavy (non-hydrogen) atoms. The molecule has 0 bridgehead atoms. The van der Waals surface area contributed by atoms with Gasteiger partial charge in [-0.3, -0.25) is 4.79 Å². The van der Waals surface area contributed by atoms with E-state index in [9.17, 15) is 9.18 Å². The minimum absolute atomic E-state index is 0.252. The van der Waals surface area contributed by atoms with Crippen LogP contribution in [0.15, 0.2) is 24.3 Å². The maximum absolute atomic E-state index is 12.5. The average molecular weight is 212 g/mol. The Bertz CT molecular complexity index is 308. The third-order valence-corrected chi connectivity index (χ3v) is 1.84. The molecule has 0 saturated heterocycles. The van der Waals surface area contributed by atoms with Crippen LogP contribution < -0.4 is 4.74 Å². The van der Waals surface area contributed by atoms with Crippen molar-refractivity contribution in [3.63, 3.8) is 0 Å². The van der Waals surface area contributed by atoms with Crippen LogP contribution in [0.25, 0.3) is 0 Å². The smallest absolute Gasteiger partial charge is 0.305 e. The minimum Gasteiger partial charge on any atom is -0.494 e. The number of rotatable bonds is 5. The van der Waals surface area contributed by atoms with E-state index < -0.39 is 0 Å². The van der Waals surface area contributed by atoms with Crippen LogP contribution in [-0.2, 0) is 9.53 Å². The van der Waals surface area contributed by atoms with Gasteiger partial charge in [0.2, 0.25) is 0 Å². The first kappa shape index (κ1) is 11.5. The zero-order valence-corrected chi connectivity index (χ0v) is 8.53. The quantitative estimate of drug-likeness (QED) is 0.554. The van der Waals surface area contributed by atoms with Crippen molar-refractivity contribution in [2.75, 3.05) is 13.7 Å². The van der Waals surface area contributed by atoms with E-state index in [1.165, 1.54) is 19.2 Å². The van der Waals surface area contributed by atoms with Crippen LogP contribution in [0.1, 0.15) is 12.8 Å². The molecule has 0 spiro atoms. The van der Waals surface area contributed by atoms with Crippen molar-refractivity contribution >= 4 is 5.97 Å². The second-order valence-corrected chi connectivity index (χ2v) is 2.98. The summed E-state index contributed by atoms with van der Waals surface area (Å²) in [5, 5.41) is 0. The second kappa shape index (κ2) is 6.01. The summed E-state index contributed by atoms with van der Waals surface area (Å²) in [4.78, 5) is 10.7. The topological polar surface area (TPSA) is 35.5 Å². The molecule has 4 heteroatoms. The van der Waals surface area contributed by atoms with Crippen molar-refractivity contribution in [3.05, 3.63) is 30.1 Å². The Balaban J connectivity index is 2.20. The van der Waals surface area contributed by atoms with Crippen LogP contribution in [0, 0.1) is 5.82 Å². The maximum Gasteiger partial charge on any atom is 0.305 e. The first-order valence-corrected chi connectivity index (χ1v) is 4.67. The molecule has 0 atom stereocenters. The zero-order chi connectivity index (χ0) is 11.1. The van der Waals surface area contributed by atoms with Crippen LogP contribution in [0.2, 0.25) is 0 Å². The molecule has 0 radical (unpaired) electrons.